The van der Waals surface area contributed by atoms with Gasteiger partial charge < -0.3 is 10.1 Å². The molecular weight excluding hydrogens is 226 g/mol. The van der Waals surface area contributed by atoms with Crippen molar-refractivity contribution in [2.45, 2.75) is 13.5 Å². The summed E-state index contributed by atoms with van der Waals surface area (Å²) in [4.78, 5) is 8.80. The van der Waals surface area contributed by atoms with Crippen LogP contribution in [0.3, 0.4) is 0 Å². The quantitative estimate of drug-likeness (QED) is 0.875. The topological polar surface area (TPSA) is 47.0 Å². The third kappa shape index (κ3) is 3.05. The lowest BCUT2D eigenvalue weighted by atomic mass is 10.2. The van der Waals surface area contributed by atoms with E-state index in [1.54, 1.807) is 6.20 Å². The summed E-state index contributed by atoms with van der Waals surface area (Å²) in [6.45, 7) is 3.36. The van der Waals surface area contributed by atoms with Crippen LogP contribution >= 0.6 is 0 Å². The Morgan fingerprint density at radius 2 is 2.17 bits per heavy atom. The van der Waals surface area contributed by atoms with Crippen LogP contribution in [0.2, 0.25) is 0 Å². The highest BCUT2D eigenvalue weighted by Gasteiger charge is 2.03. The minimum Gasteiger partial charge on any atom is -0.494 e. The maximum absolute atomic E-state index is 5.48. The first kappa shape index (κ1) is 12.5. The maximum Gasteiger partial charge on any atom is 0.159 e. The van der Waals surface area contributed by atoms with Crippen molar-refractivity contribution in [2.75, 3.05) is 13.7 Å². The minimum atomic E-state index is 0.657. The summed E-state index contributed by atoms with van der Waals surface area (Å²) in [6, 6.07) is 9.74. The number of benzene rings is 1. The third-order valence-electron chi connectivity index (χ3n) is 2.47. The van der Waals surface area contributed by atoms with Crippen molar-refractivity contribution in [3.05, 3.63) is 42.2 Å². The molecule has 2 rings (SSSR count). The molecule has 4 nitrogen and oxygen atoms in total. The molecule has 0 unspecified atom stereocenters. The van der Waals surface area contributed by atoms with Crippen molar-refractivity contribution >= 4 is 0 Å². The van der Waals surface area contributed by atoms with Gasteiger partial charge in [0.25, 0.3) is 0 Å². The molecule has 1 N–H and O–H groups in total. The van der Waals surface area contributed by atoms with Crippen LogP contribution < -0.4 is 10.1 Å². The van der Waals surface area contributed by atoms with Crippen LogP contribution in [0.4, 0.5) is 0 Å². The second-order valence-electron chi connectivity index (χ2n) is 3.86. The van der Waals surface area contributed by atoms with Gasteiger partial charge in [-0.1, -0.05) is 12.1 Å². The van der Waals surface area contributed by atoms with E-state index in [2.05, 4.69) is 15.3 Å². The fraction of sp³-hybridized carbons (Fsp3) is 0.286. The van der Waals surface area contributed by atoms with Crippen molar-refractivity contribution < 1.29 is 4.74 Å². The van der Waals surface area contributed by atoms with Gasteiger partial charge in [0.15, 0.2) is 5.82 Å². The lowest BCUT2D eigenvalue weighted by molar-refractivity contribution is 0.340. The van der Waals surface area contributed by atoms with Gasteiger partial charge in [0.2, 0.25) is 0 Å². The number of hydrogen-bond acceptors (Lipinski definition) is 4. The molecule has 94 valence electrons. The molecule has 0 aliphatic heterocycles. The smallest absolute Gasteiger partial charge is 0.159 e. The zero-order chi connectivity index (χ0) is 12.8. The molecule has 0 saturated carbocycles. The molecule has 1 aromatic heterocycles. The van der Waals surface area contributed by atoms with Crippen molar-refractivity contribution in [3.8, 4) is 17.1 Å². The van der Waals surface area contributed by atoms with E-state index in [-0.39, 0.29) is 0 Å². The van der Waals surface area contributed by atoms with E-state index < -0.39 is 0 Å². The van der Waals surface area contributed by atoms with Crippen LogP contribution in [0.5, 0.6) is 5.75 Å². The van der Waals surface area contributed by atoms with Crippen molar-refractivity contribution in [2.24, 2.45) is 0 Å². The fourth-order valence-electron chi connectivity index (χ4n) is 1.71. The zero-order valence-corrected chi connectivity index (χ0v) is 10.7. The predicted molar refractivity (Wildman–Crippen MR) is 71.4 cm³/mol. The summed E-state index contributed by atoms with van der Waals surface area (Å²) in [5, 5.41) is 3.08. The van der Waals surface area contributed by atoms with Gasteiger partial charge >= 0.3 is 0 Å². The van der Waals surface area contributed by atoms with Crippen LogP contribution in [0.1, 0.15) is 12.6 Å². The van der Waals surface area contributed by atoms with E-state index in [0.717, 1.165) is 29.4 Å². The van der Waals surface area contributed by atoms with Gasteiger partial charge in [0, 0.05) is 18.3 Å². The molecule has 1 heterocycles. The number of ether oxygens (including phenoxy) is 1. The molecule has 0 atom stereocenters. The van der Waals surface area contributed by atoms with Crippen LogP contribution in [-0.4, -0.2) is 23.6 Å². The van der Waals surface area contributed by atoms with E-state index in [9.17, 15) is 0 Å². The van der Waals surface area contributed by atoms with Crippen molar-refractivity contribution in [3.63, 3.8) is 0 Å². The van der Waals surface area contributed by atoms with E-state index in [1.807, 2.05) is 44.3 Å². The predicted octanol–water partition coefficient (Wildman–Crippen LogP) is 2.26. The highest BCUT2D eigenvalue weighted by molar-refractivity contribution is 5.57. The van der Waals surface area contributed by atoms with E-state index in [0.29, 0.717) is 6.61 Å². The first-order valence-electron chi connectivity index (χ1n) is 6.03. The second-order valence-corrected chi connectivity index (χ2v) is 3.86. The Labute approximate surface area is 107 Å². The Morgan fingerprint density at radius 1 is 1.28 bits per heavy atom. The summed E-state index contributed by atoms with van der Waals surface area (Å²) in [7, 11) is 1.90. The Hall–Kier alpha value is -1.94. The molecule has 4 heteroatoms. The summed E-state index contributed by atoms with van der Waals surface area (Å²) in [5.74, 6) is 1.57. The number of rotatable bonds is 5. The van der Waals surface area contributed by atoms with Crippen LogP contribution in [0, 0.1) is 0 Å². The lowest BCUT2D eigenvalue weighted by Crippen LogP contribution is -2.07. The van der Waals surface area contributed by atoms with E-state index in [1.165, 1.54) is 0 Å². The number of hydrogen-bond donors (Lipinski definition) is 1. The molecule has 0 amide bonds. The highest BCUT2D eigenvalue weighted by atomic mass is 16.5. The van der Waals surface area contributed by atoms with Gasteiger partial charge in [-0.3, -0.25) is 0 Å². The SMILES string of the molecule is CCOc1cccc(-c2nccc(CNC)n2)c1. The average molecular weight is 243 g/mol. The third-order valence-corrected chi connectivity index (χ3v) is 2.47. The molecule has 2 aromatic rings. The Bertz CT molecular complexity index is 466. The monoisotopic (exact) mass is 243 g/mol. The fourth-order valence-corrected chi connectivity index (χ4v) is 1.71. The molecule has 0 spiro atoms. The number of aromatic nitrogens is 2. The molecule has 1 aromatic carbocycles. The first-order valence-corrected chi connectivity index (χ1v) is 6.03. The minimum absolute atomic E-state index is 0.657. The second kappa shape index (κ2) is 6.12. The van der Waals surface area contributed by atoms with Gasteiger partial charge in [-0.2, -0.15) is 0 Å². The van der Waals surface area contributed by atoms with Gasteiger partial charge in [-0.15, -0.1) is 0 Å². The average Bonchev–Trinajstić information content (AvgIpc) is 2.40. The summed E-state index contributed by atoms with van der Waals surface area (Å²) in [6.07, 6.45) is 1.78. The van der Waals surface area contributed by atoms with Gasteiger partial charge in [0.05, 0.1) is 12.3 Å². The Morgan fingerprint density at radius 3 is 2.94 bits per heavy atom. The Balaban J connectivity index is 2.29. The van der Waals surface area contributed by atoms with Crippen LogP contribution in [0.25, 0.3) is 11.4 Å². The summed E-state index contributed by atoms with van der Waals surface area (Å²) < 4.78 is 5.48. The van der Waals surface area contributed by atoms with Gasteiger partial charge in [0.1, 0.15) is 5.75 Å². The molecule has 0 saturated heterocycles. The van der Waals surface area contributed by atoms with Gasteiger partial charge in [-0.05, 0) is 32.2 Å². The molecular formula is C14H17N3O. The molecule has 0 bridgehead atoms. The normalized spacial score (nSPS) is 10.3. The Kier molecular flexibility index (Phi) is 4.25. The lowest BCUT2D eigenvalue weighted by Gasteiger charge is -2.06. The number of nitrogens with zero attached hydrogens (tertiary/aromatic N) is 2. The van der Waals surface area contributed by atoms with Crippen LogP contribution in [-0.2, 0) is 6.54 Å². The van der Waals surface area contributed by atoms with E-state index >= 15 is 0 Å². The molecule has 0 aliphatic rings. The largest absolute Gasteiger partial charge is 0.494 e. The van der Waals surface area contributed by atoms with Crippen LogP contribution in [0.15, 0.2) is 36.5 Å². The molecule has 18 heavy (non-hydrogen) atoms. The zero-order valence-electron chi connectivity index (χ0n) is 10.7. The molecule has 0 aliphatic carbocycles. The first-order chi connectivity index (χ1) is 8.83. The van der Waals surface area contributed by atoms with E-state index in [4.69, 9.17) is 4.74 Å². The summed E-state index contributed by atoms with van der Waals surface area (Å²) in [5.41, 5.74) is 1.95. The highest BCUT2D eigenvalue weighted by Crippen LogP contribution is 2.20. The molecule has 0 radical (unpaired) electrons. The van der Waals surface area contributed by atoms with Gasteiger partial charge in [-0.25, -0.2) is 9.97 Å². The number of nitrogens with one attached hydrogen (secondary N) is 1. The van der Waals surface area contributed by atoms with Crippen molar-refractivity contribution in [1.29, 1.82) is 0 Å². The van der Waals surface area contributed by atoms with Crippen molar-refractivity contribution in [1.82, 2.24) is 15.3 Å². The summed E-state index contributed by atoms with van der Waals surface area (Å²) >= 11 is 0. The molecule has 0 fully saturated rings. The maximum atomic E-state index is 5.48. The standard InChI is InChI=1S/C14H17N3O/c1-3-18-13-6-4-5-11(9-13)14-16-8-7-12(17-14)10-15-2/h4-9,15H,3,10H2,1-2H3.